The highest BCUT2D eigenvalue weighted by Crippen LogP contribution is 2.25. The number of carbonyl (C=O) groups is 2. The van der Waals surface area contributed by atoms with Crippen molar-refractivity contribution in [2.24, 2.45) is 0 Å². The van der Waals surface area contributed by atoms with Gasteiger partial charge in [0.05, 0.1) is 17.0 Å². The van der Waals surface area contributed by atoms with Crippen LogP contribution in [0.2, 0.25) is 0 Å². The number of halogens is 1. The van der Waals surface area contributed by atoms with Gasteiger partial charge in [0.15, 0.2) is 0 Å². The molecule has 0 atom stereocenters. The van der Waals surface area contributed by atoms with Crippen LogP contribution in [-0.4, -0.2) is 26.0 Å². The molecule has 2 amide bonds. The van der Waals surface area contributed by atoms with Crippen LogP contribution in [0.15, 0.2) is 18.2 Å². The number of benzene rings is 1. The van der Waals surface area contributed by atoms with E-state index in [0.717, 1.165) is 25.1 Å². The topological polar surface area (TPSA) is 83.6 Å². The summed E-state index contributed by atoms with van der Waals surface area (Å²) in [6, 6.07) is 2.86. The molecular formula is C11H13FN2O4S2. The van der Waals surface area contributed by atoms with Gasteiger partial charge >= 0.3 is 0 Å². The number of sulfonamides is 1. The molecule has 0 aromatic heterocycles. The Hall–Kier alpha value is -1.61. The van der Waals surface area contributed by atoms with E-state index in [4.69, 9.17) is 0 Å². The first-order chi connectivity index (χ1) is 9.24. The minimum absolute atomic E-state index is 0.215. The summed E-state index contributed by atoms with van der Waals surface area (Å²) in [5.74, 6) is -2.70. The molecule has 0 unspecified atom stereocenters. The molecule has 1 N–H and O–H groups in total. The molecule has 0 heterocycles. The molecule has 0 saturated heterocycles. The number of anilines is 1. The molecule has 1 rings (SSSR count). The fourth-order valence-corrected chi connectivity index (χ4v) is 2.80. The highest BCUT2D eigenvalue weighted by Gasteiger charge is 2.29. The van der Waals surface area contributed by atoms with Gasteiger partial charge in [0.1, 0.15) is 5.82 Å². The Bertz CT molecular complexity index is 646. The van der Waals surface area contributed by atoms with Gasteiger partial charge in [0.25, 0.3) is 5.91 Å². The summed E-state index contributed by atoms with van der Waals surface area (Å²) in [7, 11) is -3.93. The van der Waals surface area contributed by atoms with Crippen LogP contribution >= 0.6 is 12.8 Å². The Kier molecular flexibility index (Phi) is 5.12. The number of hydrogen-bond acceptors (Lipinski definition) is 5. The van der Waals surface area contributed by atoms with Crippen LogP contribution in [0, 0.1) is 5.82 Å². The zero-order valence-electron chi connectivity index (χ0n) is 10.8. The van der Waals surface area contributed by atoms with E-state index in [2.05, 4.69) is 12.8 Å². The molecule has 0 saturated carbocycles. The van der Waals surface area contributed by atoms with E-state index < -0.39 is 27.7 Å². The van der Waals surface area contributed by atoms with Crippen molar-refractivity contribution in [2.45, 2.75) is 13.8 Å². The molecule has 0 spiro atoms. The fraction of sp³-hybridized carbons (Fsp3) is 0.273. The molecule has 0 radical (unpaired) electrons. The van der Waals surface area contributed by atoms with E-state index in [1.54, 1.807) is 0 Å². The Balaban J connectivity index is 3.57. The normalized spacial score (nSPS) is 11.0. The lowest BCUT2D eigenvalue weighted by Gasteiger charge is -2.22. The van der Waals surface area contributed by atoms with Crippen molar-refractivity contribution in [2.75, 3.05) is 10.1 Å². The van der Waals surface area contributed by atoms with Crippen molar-refractivity contribution >= 4 is 40.3 Å². The van der Waals surface area contributed by atoms with Gasteiger partial charge in [0, 0.05) is 6.92 Å². The molecule has 0 fully saturated rings. The first-order valence-corrected chi connectivity index (χ1v) is 7.57. The Morgan fingerprint density at radius 2 is 2.00 bits per heavy atom. The van der Waals surface area contributed by atoms with Gasteiger partial charge in [-0.2, -0.15) is 0 Å². The third-order valence-corrected chi connectivity index (χ3v) is 4.40. The third kappa shape index (κ3) is 3.28. The van der Waals surface area contributed by atoms with Crippen LogP contribution in [0.3, 0.4) is 0 Å². The van der Waals surface area contributed by atoms with E-state index in [0.29, 0.717) is 4.31 Å². The smallest absolute Gasteiger partial charge is 0.263 e. The van der Waals surface area contributed by atoms with Crippen molar-refractivity contribution in [1.29, 1.82) is 0 Å². The molecule has 6 nitrogen and oxygen atoms in total. The quantitative estimate of drug-likeness (QED) is 0.814. The molecule has 110 valence electrons. The average molecular weight is 320 g/mol. The van der Waals surface area contributed by atoms with Crippen LogP contribution in [-0.2, 0) is 14.8 Å². The lowest BCUT2D eigenvalue weighted by Crippen LogP contribution is -2.37. The molecular weight excluding hydrogens is 307 g/mol. The van der Waals surface area contributed by atoms with E-state index in [1.807, 2.05) is 4.72 Å². The van der Waals surface area contributed by atoms with Gasteiger partial charge in [0.2, 0.25) is 15.9 Å². The SMILES string of the molecule is CCS(=O)(=O)N(C(C)=O)c1ccc(F)cc1C(=O)NS. The van der Waals surface area contributed by atoms with E-state index >= 15 is 0 Å². The largest absolute Gasteiger partial charge is 0.299 e. The Labute approximate surface area is 121 Å². The van der Waals surface area contributed by atoms with Crippen LogP contribution in [0.5, 0.6) is 0 Å². The van der Waals surface area contributed by atoms with Crippen molar-refractivity contribution in [3.63, 3.8) is 0 Å². The van der Waals surface area contributed by atoms with Gasteiger partial charge in [-0.25, -0.2) is 17.1 Å². The van der Waals surface area contributed by atoms with Crippen molar-refractivity contribution in [1.82, 2.24) is 4.72 Å². The summed E-state index contributed by atoms with van der Waals surface area (Å²) in [6.45, 7) is 2.39. The maximum Gasteiger partial charge on any atom is 0.263 e. The monoisotopic (exact) mass is 320 g/mol. The van der Waals surface area contributed by atoms with Crippen molar-refractivity contribution in [3.05, 3.63) is 29.6 Å². The molecule has 0 aliphatic heterocycles. The molecule has 1 aromatic rings. The van der Waals surface area contributed by atoms with Gasteiger partial charge < -0.3 is 0 Å². The highest BCUT2D eigenvalue weighted by atomic mass is 32.2. The summed E-state index contributed by atoms with van der Waals surface area (Å²) in [4.78, 5) is 23.2. The minimum atomic E-state index is -3.93. The second kappa shape index (κ2) is 6.23. The first-order valence-electron chi connectivity index (χ1n) is 5.52. The molecule has 0 aliphatic carbocycles. The van der Waals surface area contributed by atoms with Gasteiger partial charge in [-0.05, 0) is 25.1 Å². The predicted molar refractivity (Wildman–Crippen MR) is 75.5 cm³/mol. The average Bonchev–Trinajstić information content (AvgIpc) is 2.39. The van der Waals surface area contributed by atoms with E-state index in [-0.39, 0.29) is 17.0 Å². The summed E-state index contributed by atoms with van der Waals surface area (Å²) in [5.41, 5.74) is -0.514. The third-order valence-electron chi connectivity index (χ3n) is 2.45. The predicted octanol–water partition coefficient (Wildman–Crippen LogP) is 1.10. The molecule has 1 aromatic carbocycles. The maximum absolute atomic E-state index is 13.2. The lowest BCUT2D eigenvalue weighted by molar-refractivity contribution is -0.115. The Morgan fingerprint density at radius 1 is 1.40 bits per heavy atom. The summed E-state index contributed by atoms with van der Waals surface area (Å²) < 4.78 is 39.6. The molecule has 20 heavy (non-hydrogen) atoms. The standard InChI is InChI=1S/C11H13FN2O4S2/c1-3-20(17,18)14(7(2)15)10-5-4-8(12)6-9(10)11(16)13-19/h4-6,19H,3H2,1-2H3,(H,13,16). The van der Waals surface area contributed by atoms with Gasteiger partial charge in [-0.15, -0.1) is 0 Å². The number of rotatable bonds is 4. The second-order valence-electron chi connectivity index (χ2n) is 3.79. The molecule has 9 heteroatoms. The van der Waals surface area contributed by atoms with E-state index in [9.17, 15) is 22.4 Å². The maximum atomic E-state index is 13.2. The van der Waals surface area contributed by atoms with Crippen LogP contribution in [0.4, 0.5) is 10.1 Å². The number of carbonyl (C=O) groups excluding carboxylic acids is 2. The van der Waals surface area contributed by atoms with Gasteiger partial charge in [-0.1, -0.05) is 12.8 Å². The van der Waals surface area contributed by atoms with Crippen molar-refractivity contribution in [3.8, 4) is 0 Å². The zero-order chi connectivity index (χ0) is 15.5. The van der Waals surface area contributed by atoms with Gasteiger partial charge in [-0.3, -0.25) is 14.3 Å². The Morgan fingerprint density at radius 3 is 2.45 bits per heavy atom. The number of amides is 2. The molecule has 0 aliphatic rings. The number of thiol groups is 1. The summed E-state index contributed by atoms with van der Waals surface area (Å²) in [6.07, 6.45) is 0. The summed E-state index contributed by atoms with van der Waals surface area (Å²) >= 11 is 3.55. The summed E-state index contributed by atoms with van der Waals surface area (Å²) in [5, 5.41) is 0. The number of nitrogens with one attached hydrogen (secondary N) is 1. The highest BCUT2D eigenvalue weighted by molar-refractivity contribution is 7.93. The van der Waals surface area contributed by atoms with E-state index in [1.165, 1.54) is 6.92 Å². The minimum Gasteiger partial charge on any atom is -0.299 e. The number of hydrogen-bond donors (Lipinski definition) is 2. The lowest BCUT2D eigenvalue weighted by atomic mass is 10.1. The van der Waals surface area contributed by atoms with Crippen LogP contribution in [0.1, 0.15) is 24.2 Å². The molecule has 0 bridgehead atoms. The first kappa shape index (κ1) is 16.4. The fourth-order valence-electron chi connectivity index (χ4n) is 1.57. The second-order valence-corrected chi connectivity index (χ2v) is 6.12. The number of nitrogens with zero attached hydrogens (tertiary/aromatic N) is 1. The van der Waals surface area contributed by atoms with Crippen LogP contribution < -0.4 is 9.03 Å². The van der Waals surface area contributed by atoms with Crippen LogP contribution in [0.25, 0.3) is 0 Å². The van der Waals surface area contributed by atoms with Crippen molar-refractivity contribution < 1.29 is 22.4 Å². The zero-order valence-corrected chi connectivity index (χ0v) is 12.5.